The molecule has 14 heavy (non-hydrogen) atoms. The summed E-state index contributed by atoms with van der Waals surface area (Å²) in [5.74, 6) is -0.428. The lowest BCUT2D eigenvalue weighted by atomic mass is 10.2. The molecule has 0 radical (unpaired) electrons. The zero-order valence-corrected chi connectivity index (χ0v) is 8.41. The summed E-state index contributed by atoms with van der Waals surface area (Å²) in [6.07, 6.45) is 1.88. The average Bonchev–Trinajstić information content (AvgIpc) is 2.18. The number of hydrogen-bond donors (Lipinski definition) is 2. The molecule has 2 N–H and O–H groups in total. The maximum absolute atomic E-state index is 11.0. The van der Waals surface area contributed by atoms with Gasteiger partial charge in [0.05, 0.1) is 13.5 Å². The van der Waals surface area contributed by atoms with Gasteiger partial charge in [0.25, 0.3) is 0 Å². The predicted molar refractivity (Wildman–Crippen MR) is 50.6 cm³/mol. The first-order valence-electron chi connectivity index (χ1n) is 4.65. The van der Waals surface area contributed by atoms with Crippen LogP contribution in [0, 0.1) is 0 Å². The molecule has 5 nitrogen and oxygen atoms in total. The third-order valence-electron chi connectivity index (χ3n) is 1.69. The van der Waals surface area contributed by atoms with Gasteiger partial charge in [-0.05, 0) is 12.8 Å². The number of methoxy groups -OCH3 is 1. The van der Waals surface area contributed by atoms with Crippen molar-refractivity contribution < 1.29 is 19.4 Å². The van der Waals surface area contributed by atoms with Gasteiger partial charge in [0.1, 0.15) is 0 Å². The van der Waals surface area contributed by atoms with E-state index in [2.05, 4.69) is 10.1 Å². The van der Waals surface area contributed by atoms with E-state index >= 15 is 0 Å². The van der Waals surface area contributed by atoms with Crippen LogP contribution in [-0.2, 0) is 14.3 Å². The number of aliphatic hydroxyl groups is 1. The van der Waals surface area contributed by atoms with Gasteiger partial charge >= 0.3 is 5.97 Å². The van der Waals surface area contributed by atoms with E-state index in [1.165, 1.54) is 7.11 Å². The molecule has 82 valence electrons. The standard InChI is InChI=1S/C9H17NO4/c1-14-9(13)5-6-10-8(12)4-2-3-7-11/h11H,2-7H2,1H3,(H,10,12). The number of rotatable bonds is 7. The van der Waals surface area contributed by atoms with Crippen LogP contribution < -0.4 is 5.32 Å². The predicted octanol–water partition coefficient (Wildman–Crippen LogP) is -0.172. The molecule has 0 aliphatic carbocycles. The highest BCUT2D eigenvalue weighted by molar-refractivity contribution is 5.76. The van der Waals surface area contributed by atoms with Crippen molar-refractivity contribution in [2.75, 3.05) is 20.3 Å². The van der Waals surface area contributed by atoms with E-state index in [-0.39, 0.29) is 24.9 Å². The normalized spacial score (nSPS) is 9.57. The van der Waals surface area contributed by atoms with Gasteiger partial charge in [0, 0.05) is 19.6 Å². The number of ether oxygens (including phenoxy) is 1. The van der Waals surface area contributed by atoms with E-state index < -0.39 is 0 Å². The number of carbonyl (C=O) groups is 2. The molecule has 0 rings (SSSR count). The van der Waals surface area contributed by atoms with Gasteiger partial charge in [-0.2, -0.15) is 0 Å². The van der Waals surface area contributed by atoms with Gasteiger partial charge in [-0.15, -0.1) is 0 Å². The minimum atomic E-state index is -0.333. The Hall–Kier alpha value is -1.10. The van der Waals surface area contributed by atoms with E-state index in [1.807, 2.05) is 0 Å². The molecule has 0 saturated heterocycles. The number of carbonyl (C=O) groups excluding carboxylic acids is 2. The Morgan fingerprint density at radius 1 is 1.29 bits per heavy atom. The highest BCUT2D eigenvalue weighted by atomic mass is 16.5. The summed E-state index contributed by atoms with van der Waals surface area (Å²) in [5, 5.41) is 11.1. The fourth-order valence-corrected chi connectivity index (χ4v) is 0.892. The largest absolute Gasteiger partial charge is 0.469 e. The smallest absolute Gasteiger partial charge is 0.307 e. The first kappa shape index (κ1) is 12.9. The second-order valence-electron chi connectivity index (χ2n) is 2.86. The van der Waals surface area contributed by atoms with Crippen molar-refractivity contribution in [2.24, 2.45) is 0 Å². The molecule has 5 heteroatoms. The lowest BCUT2D eigenvalue weighted by molar-refractivity contribution is -0.140. The van der Waals surface area contributed by atoms with E-state index in [4.69, 9.17) is 5.11 Å². The lowest BCUT2D eigenvalue weighted by Gasteiger charge is -2.03. The average molecular weight is 203 g/mol. The third-order valence-corrected chi connectivity index (χ3v) is 1.69. The van der Waals surface area contributed by atoms with Crippen LogP contribution >= 0.6 is 0 Å². The Morgan fingerprint density at radius 3 is 2.57 bits per heavy atom. The van der Waals surface area contributed by atoms with Gasteiger partial charge in [0.2, 0.25) is 5.91 Å². The van der Waals surface area contributed by atoms with Gasteiger partial charge in [-0.3, -0.25) is 9.59 Å². The maximum Gasteiger partial charge on any atom is 0.307 e. The SMILES string of the molecule is COC(=O)CCNC(=O)CCCCO. The van der Waals surface area contributed by atoms with E-state index in [1.54, 1.807) is 0 Å². The highest BCUT2D eigenvalue weighted by Gasteiger charge is 2.02. The topological polar surface area (TPSA) is 75.6 Å². The minimum Gasteiger partial charge on any atom is -0.469 e. The van der Waals surface area contributed by atoms with Crippen LogP contribution in [0.4, 0.5) is 0 Å². The first-order valence-corrected chi connectivity index (χ1v) is 4.65. The zero-order valence-electron chi connectivity index (χ0n) is 8.41. The number of aliphatic hydroxyl groups excluding tert-OH is 1. The fourth-order valence-electron chi connectivity index (χ4n) is 0.892. The molecule has 0 atom stereocenters. The van der Waals surface area contributed by atoms with Crippen molar-refractivity contribution in [2.45, 2.75) is 25.7 Å². The van der Waals surface area contributed by atoms with E-state index in [0.29, 0.717) is 25.8 Å². The van der Waals surface area contributed by atoms with Crippen molar-refractivity contribution in [3.63, 3.8) is 0 Å². The Kier molecular flexibility index (Phi) is 7.83. The van der Waals surface area contributed by atoms with E-state index in [9.17, 15) is 9.59 Å². The summed E-state index contributed by atoms with van der Waals surface area (Å²) < 4.78 is 4.41. The second-order valence-corrected chi connectivity index (χ2v) is 2.86. The number of amides is 1. The Labute approximate surface area is 83.4 Å². The fraction of sp³-hybridized carbons (Fsp3) is 0.778. The molecule has 0 aromatic rings. The van der Waals surface area contributed by atoms with Crippen LogP contribution in [0.2, 0.25) is 0 Å². The van der Waals surface area contributed by atoms with Crippen molar-refractivity contribution in [3.8, 4) is 0 Å². The molecule has 0 bridgehead atoms. The van der Waals surface area contributed by atoms with Crippen molar-refractivity contribution in [3.05, 3.63) is 0 Å². The molecule has 1 amide bonds. The summed E-state index contributed by atoms with van der Waals surface area (Å²) >= 11 is 0. The second kappa shape index (κ2) is 8.50. The van der Waals surface area contributed by atoms with Gasteiger partial charge in [0.15, 0.2) is 0 Å². The van der Waals surface area contributed by atoms with Crippen LogP contribution in [0.1, 0.15) is 25.7 Å². The number of esters is 1. The monoisotopic (exact) mass is 203 g/mol. The third kappa shape index (κ3) is 7.54. The van der Waals surface area contributed by atoms with E-state index in [0.717, 1.165) is 0 Å². The maximum atomic E-state index is 11.0. The van der Waals surface area contributed by atoms with Crippen LogP contribution in [0.15, 0.2) is 0 Å². The summed E-state index contributed by atoms with van der Waals surface area (Å²) in [4.78, 5) is 21.7. The van der Waals surface area contributed by atoms with Crippen molar-refractivity contribution >= 4 is 11.9 Å². The Morgan fingerprint density at radius 2 is 2.00 bits per heavy atom. The minimum absolute atomic E-state index is 0.0950. The molecule has 0 aliphatic rings. The van der Waals surface area contributed by atoms with Crippen LogP contribution in [-0.4, -0.2) is 37.2 Å². The van der Waals surface area contributed by atoms with Gasteiger partial charge in [-0.25, -0.2) is 0 Å². The number of nitrogens with one attached hydrogen (secondary N) is 1. The zero-order chi connectivity index (χ0) is 10.8. The van der Waals surface area contributed by atoms with Crippen molar-refractivity contribution in [1.29, 1.82) is 0 Å². The number of unbranched alkanes of at least 4 members (excludes halogenated alkanes) is 1. The van der Waals surface area contributed by atoms with Crippen molar-refractivity contribution in [1.82, 2.24) is 5.32 Å². The van der Waals surface area contributed by atoms with Crippen LogP contribution in [0.5, 0.6) is 0 Å². The lowest BCUT2D eigenvalue weighted by Crippen LogP contribution is -2.26. The van der Waals surface area contributed by atoms with Gasteiger partial charge in [-0.1, -0.05) is 0 Å². The molecule has 0 fully saturated rings. The molecule has 0 unspecified atom stereocenters. The summed E-state index contributed by atoms with van der Waals surface area (Å²) in [7, 11) is 1.31. The Bertz CT molecular complexity index is 182. The molecule has 0 heterocycles. The van der Waals surface area contributed by atoms with Crippen LogP contribution in [0.25, 0.3) is 0 Å². The molecule has 0 aromatic carbocycles. The summed E-state index contributed by atoms with van der Waals surface area (Å²) in [6, 6.07) is 0. The molecule has 0 spiro atoms. The quantitative estimate of drug-likeness (QED) is 0.445. The molecule has 0 aliphatic heterocycles. The highest BCUT2D eigenvalue weighted by Crippen LogP contribution is 1.93. The summed E-state index contributed by atoms with van der Waals surface area (Å²) in [5.41, 5.74) is 0. The molecule has 0 aromatic heterocycles. The molecular weight excluding hydrogens is 186 g/mol. The summed E-state index contributed by atoms with van der Waals surface area (Å²) in [6.45, 7) is 0.417. The van der Waals surface area contributed by atoms with Crippen LogP contribution in [0.3, 0.4) is 0 Å². The first-order chi connectivity index (χ1) is 6.70. The number of hydrogen-bond acceptors (Lipinski definition) is 4. The van der Waals surface area contributed by atoms with Gasteiger partial charge < -0.3 is 15.2 Å². The Balaban J connectivity index is 3.31. The molecule has 0 saturated carbocycles. The molecular formula is C9H17NO4.